The van der Waals surface area contributed by atoms with E-state index in [0.29, 0.717) is 39.0 Å². The highest BCUT2D eigenvalue weighted by Crippen LogP contribution is 2.27. The van der Waals surface area contributed by atoms with Crippen LogP contribution in [0.5, 0.6) is 5.75 Å². The summed E-state index contributed by atoms with van der Waals surface area (Å²) in [5.74, 6) is 1.35. The number of thioether (sulfide) groups is 1. The number of carbonyl (C=O) groups excluding carboxylic acids is 1. The van der Waals surface area contributed by atoms with Crippen LogP contribution >= 0.6 is 35.0 Å². The first kappa shape index (κ1) is 23.2. The number of ether oxygens (including phenoxy) is 1. The SMILES string of the molecule is C=CCn1c(SCC(=O)Nc2cccc(Cl)c2)nnc1C(C)Oc1ccc(Cl)c(C)c1. The Morgan fingerprint density at radius 2 is 2.10 bits per heavy atom. The van der Waals surface area contributed by atoms with Crippen molar-refractivity contribution < 1.29 is 9.53 Å². The summed E-state index contributed by atoms with van der Waals surface area (Å²) in [6.45, 7) is 8.12. The smallest absolute Gasteiger partial charge is 0.234 e. The molecule has 31 heavy (non-hydrogen) atoms. The van der Waals surface area contributed by atoms with Crippen molar-refractivity contribution in [2.45, 2.75) is 31.7 Å². The molecule has 9 heteroatoms. The molecule has 1 amide bonds. The number of carbonyl (C=O) groups is 1. The maximum absolute atomic E-state index is 12.3. The fourth-order valence-electron chi connectivity index (χ4n) is 2.85. The Labute approximate surface area is 195 Å². The second-order valence-electron chi connectivity index (χ2n) is 6.76. The standard InChI is InChI=1S/C22H22Cl2N4O2S/c1-4-10-28-21(15(3)30-18-8-9-19(24)14(2)11-18)26-27-22(28)31-13-20(29)25-17-7-5-6-16(23)12-17/h4-9,11-12,15H,1,10,13H2,2-3H3,(H,25,29). The maximum atomic E-state index is 12.3. The van der Waals surface area contributed by atoms with Crippen LogP contribution < -0.4 is 10.1 Å². The van der Waals surface area contributed by atoms with Gasteiger partial charge in [0, 0.05) is 22.3 Å². The van der Waals surface area contributed by atoms with Crippen molar-refractivity contribution in [3.8, 4) is 5.75 Å². The summed E-state index contributed by atoms with van der Waals surface area (Å²) in [5, 5.41) is 13.2. The number of allylic oxidation sites excluding steroid dienone is 1. The predicted octanol–water partition coefficient (Wildman–Crippen LogP) is 5.95. The molecule has 6 nitrogen and oxygen atoms in total. The van der Waals surface area contributed by atoms with E-state index >= 15 is 0 Å². The van der Waals surface area contributed by atoms with Gasteiger partial charge >= 0.3 is 0 Å². The van der Waals surface area contributed by atoms with Crippen molar-refractivity contribution in [2.75, 3.05) is 11.1 Å². The van der Waals surface area contributed by atoms with Gasteiger partial charge in [-0.3, -0.25) is 9.36 Å². The number of hydrogen-bond donors (Lipinski definition) is 1. The van der Waals surface area contributed by atoms with Crippen LogP contribution in [0, 0.1) is 6.92 Å². The van der Waals surface area contributed by atoms with Gasteiger partial charge < -0.3 is 10.1 Å². The molecule has 0 bridgehead atoms. The molecule has 1 N–H and O–H groups in total. The zero-order chi connectivity index (χ0) is 22.4. The summed E-state index contributed by atoms with van der Waals surface area (Å²) in [5.41, 5.74) is 1.58. The second-order valence-corrected chi connectivity index (χ2v) is 8.54. The molecule has 0 aliphatic heterocycles. The van der Waals surface area contributed by atoms with E-state index in [1.54, 1.807) is 36.4 Å². The molecule has 3 rings (SSSR count). The van der Waals surface area contributed by atoms with Crippen LogP contribution in [0.15, 0.2) is 60.3 Å². The van der Waals surface area contributed by atoms with Crippen LogP contribution in [0.1, 0.15) is 24.4 Å². The van der Waals surface area contributed by atoms with Gasteiger partial charge in [-0.15, -0.1) is 16.8 Å². The Balaban J connectivity index is 1.68. The molecule has 1 atom stereocenters. The molecule has 0 aliphatic rings. The van der Waals surface area contributed by atoms with Crippen molar-refractivity contribution in [2.24, 2.45) is 0 Å². The lowest BCUT2D eigenvalue weighted by Crippen LogP contribution is -2.15. The maximum Gasteiger partial charge on any atom is 0.234 e. The zero-order valence-electron chi connectivity index (χ0n) is 17.1. The number of nitrogens with zero attached hydrogens (tertiary/aromatic N) is 3. The molecule has 0 radical (unpaired) electrons. The molecule has 1 unspecified atom stereocenters. The number of hydrogen-bond acceptors (Lipinski definition) is 5. The van der Waals surface area contributed by atoms with Gasteiger partial charge in [-0.25, -0.2) is 0 Å². The number of aryl methyl sites for hydroxylation is 1. The fourth-order valence-corrected chi connectivity index (χ4v) is 3.91. The molecule has 1 heterocycles. The van der Waals surface area contributed by atoms with Crippen molar-refractivity contribution in [1.29, 1.82) is 0 Å². The van der Waals surface area contributed by atoms with Crippen molar-refractivity contribution >= 4 is 46.6 Å². The lowest BCUT2D eigenvalue weighted by Gasteiger charge is -2.16. The predicted molar refractivity (Wildman–Crippen MR) is 126 cm³/mol. The molecule has 0 saturated heterocycles. The average Bonchev–Trinajstić information content (AvgIpc) is 3.12. The monoisotopic (exact) mass is 476 g/mol. The quantitative estimate of drug-likeness (QED) is 0.305. The first-order valence-electron chi connectivity index (χ1n) is 9.52. The van der Waals surface area contributed by atoms with E-state index in [0.717, 1.165) is 5.56 Å². The van der Waals surface area contributed by atoms with Gasteiger partial charge in [0.25, 0.3) is 0 Å². The van der Waals surface area contributed by atoms with E-state index in [-0.39, 0.29) is 17.8 Å². The van der Waals surface area contributed by atoms with E-state index < -0.39 is 0 Å². The summed E-state index contributed by atoms with van der Waals surface area (Å²) in [6, 6.07) is 12.5. The molecule has 2 aromatic carbocycles. The van der Waals surface area contributed by atoms with Gasteiger partial charge in [0.05, 0.1) is 5.75 Å². The summed E-state index contributed by atoms with van der Waals surface area (Å²) in [7, 11) is 0. The van der Waals surface area contributed by atoms with E-state index in [2.05, 4.69) is 22.1 Å². The van der Waals surface area contributed by atoms with Gasteiger partial charge in [-0.05, 0) is 55.8 Å². The highest BCUT2D eigenvalue weighted by atomic mass is 35.5. The summed E-state index contributed by atoms with van der Waals surface area (Å²) in [4.78, 5) is 12.3. The molecular formula is C22H22Cl2N4O2S. The fraction of sp³-hybridized carbons (Fsp3) is 0.227. The van der Waals surface area contributed by atoms with Crippen molar-refractivity contribution in [1.82, 2.24) is 14.8 Å². The second kappa shape index (κ2) is 10.7. The number of aromatic nitrogens is 3. The normalized spacial score (nSPS) is 11.7. The molecule has 162 valence electrons. The number of halogens is 2. The molecular weight excluding hydrogens is 455 g/mol. The minimum Gasteiger partial charge on any atom is -0.483 e. The summed E-state index contributed by atoms with van der Waals surface area (Å²) in [6.07, 6.45) is 1.39. The van der Waals surface area contributed by atoms with E-state index in [1.807, 2.05) is 30.5 Å². The average molecular weight is 477 g/mol. The molecule has 0 aliphatic carbocycles. The topological polar surface area (TPSA) is 69.0 Å². The molecule has 1 aromatic heterocycles. The van der Waals surface area contributed by atoms with E-state index in [9.17, 15) is 4.79 Å². The minimum atomic E-state index is -0.359. The Morgan fingerprint density at radius 1 is 1.29 bits per heavy atom. The lowest BCUT2D eigenvalue weighted by molar-refractivity contribution is -0.113. The van der Waals surface area contributed by atoms with Gasteiger partial charge in [0.1, 0.15) is 5.75 Å². The van der Waals surface area contributed by atoms with Crippen LogP contribution in [-0.2, 0) is 11.3 Å². The number of nitrogens with one attached hydrogen (secondary N) is 1. The number of rotatable bonds is 9. The largest absolute Gasteiger partial charge is 0.483 e. The zero-order valence-corrected chi connectivity index (χ0v) is 19.5. The molecule has 0 fully saturated rings. The summed E-state index contributed by atoms with van der Waals surface area (Å²) >= 11 is 13.3. The van der Waals surface area contributed by atoms with Crippen LogP contribution in [0.2, 0.25) is 10.0 Å². The number of amides is 1. The Morgan fingerprint density at radius 3 is 2.81 bits per heavy atom. The van der Waals surface area contributed by atoms with Crippen molar-refractivity contribution in [3.63, 3.8) is 0 Å². The van der Waals surface area contributed by atoms with Gasteiger partial charge in [0.2, 0.25) is 5.91 Å². The Bertz CT molecular complexity index is 1090. The van der Waals surface area contributed by atoms with Gasteiger partial charge in [-0.2, -0.15) is 0 Å². The third-order valence-electron chi connectivity index (χ3n) is 4.30. The molecule has 3 aromatic rings. The van der Waals surface area contributed by atoms with Crippen LogP contribution in [-0.4, -0.2) is 26.4 Å². The third-order valence-corrected chi connectivity index (χ3v) is 5.93. The lowest BCUT2D eigenvalue weighted by atomic mass is 10.2. The Hall–Kier alpha value is -2.48. The summed E-state index contributed by atoms with van der Waals surface area (Å²) < 4.78 is 7.92. The highest BCUT2D eigenvalue weighted by Gasteiger charge is 2.20. The van der Waals surface area contributed by atoms with E-state index in [1.165, 1.54) is 11.8 Å². The van der Waals surface area contributed by atoms with Crippen molar-refractivity contribution in [3.05, 3.63) is 76.6 Å². The Kier molecular flexibility index (Phi) is 8.01. The van der Waals surface area contributed by atoms with E-state index in [4.69, 9.17) is 27.9 Å². The van der Waals surface area contributed by atoms with Gasteiger partial charge in [0.15, 0.2) is 17.1 Å². The number of benzene rings is 2. The number of anilines is 1. The first-order chi connectivity index (χ1) is 14.9. The highest BCUT2D eigenvalue weighted by molar-refractivity contribution is 7.99. The van der Waals surface area contributed by atoms with Gasteiger partial charge in [-0.1, -0.05) is 47.1 Å². The van der Waals surface area contributed by atoms with Crippen LogP contribution in [0.3, 0.4) is 0 Å². The van der Waals surface area contributed by atoms with Crippen LogP contribution in [0.25, 0.3) is 0 Å². The first-order valence-corrected chi connectivity index (χ1v) is 11.3. The van der Waals surface area contributed by atoms with Crippen LogP contribution in [0.4, 0.5) is 5.69 Å². The molecule has 0 saturated carbocycles. The molecule has 0 spiro atoms. The third kappa shape index (κ3) is 6.26. The minimum absolute atomic E-state index is 0.164.